The number of benzene rings is 1. The van der Waals surface area contributed by atoms with E-state index in [0.29, 0.717) is 11.9 Å². The van der Waals surface area contributed by atoms with E-state index in [1.807, 2.05) is 0 Å². The molecule has 0 radical (unpaired) electrons. The van der Waals surface area contributed by atoms with Gasteiger partial charge in [0.2, 0.25) is 5.91 Å². The van der Waals surface area contributed by atoms with Gasteiger partial charge < -0.3 is 4.90 Å². The second-order valence-corrected chi connectivity index (χ2v) is 10.2. The van der Waals surface area contributed by atoms with Gasteiger partial charge in [0.05, 0.1) is 0 Å². The lowest BCUT2D eigenvalue weighted by Crippen LogP contribution is -2.64. The number of hydrogen-bond acceptors (Lipinski definition) is 3. The summed E-state index contributed by atoms with van der Waals surface area (Å²) in [5, 5.41) is 0. The first kappa shape index (κ1) is 20.5. The summed E-state index contributed by atoms with van der Waals surface area (Å²) in [6.45, 7) is 6.93. The maximum absolute atomic E-state index is 12.6. The quantitative estimate of drug-likeness (QED) is 0.706. The number of nitrogens with zero attached hydrogens (tertiary/aromatic N) is 3. The molecular weight excluding hydrogens is 370 g/mol. The minimum absolute atomic E-state index is 0.402. The zero-order valence-electron chi connectivity index (χ0n) is 18.6. The van der Waals surface area contributed by atoms with Crippen LogP contribution in [0.2, 0.25) is 0 Å². The molecule has 4 saturated heterocycles. The standard InChI is InChI=1S/C26H39N3O/c30-25(27-15-4-5-16-27)14-6-13-24-23-12-8-18-28-17-7-11-22(26(23)28)20-29(24)19-21-9-2-1-3-10-21/h1-3,9-10,22-24,26H,4-8,11-20H2/t22-,23+,24+,26-/m0/s1. The average molecular weight is 410 g/mol. The Balaban J connectivity index is 1.29. The number of rotatable bonds is 6. The van der Waals surface area contributed by atoms with E-state index in [-0.39, 0.29) is 0 Å². The highest BCUT2D eigenvalue weighted by Gasteiger charge is 2.48. The maximum atomic E-state index is 12.6. The highest BCUT2D eigenvalue weighted by Crippen LogP contribution is 2.43. The molecule has 4 atom stereocenters. The Morgan fingerprint density at radius 3 is 2.50 bits per heavy atom. The van der Waals surface area contributed by atoms with Crippen LogP contribution in [0.15, 0.2) is 30.3 Å². The summed E-state index contributed by atoms with van der Waals surface area (Å²) in [5.41, 5.74) is 1.44. The highest BCUT2D eigenvalue weighted by atomic mass is 16.2. The fourth-order valence-electron chi connectivity index (χ4n) is 7.07. The highest BCUT2D eigenvalue weighted by molar-refractivity contribution is 5.76. The van der Waals surface area contributed by atoms with Gasteiger partial charge in [0.1, 0.15) is 0 Å². The molecule has 4 fully saturated rings. The lowest BCUT2D eigenvalue weighted by Gasteiger charge is -2.57. The number of carbonyl (C=O) groups is 1. The van der Waals surface area contributed by atoms with E-state index in [9.17, 15) is 4.79 Å². The molecule has 1 aromatic carbocycles. The maximum Gasteiger partial charge on any atom is 0.222 e. The zero-order chi connectivity index (χ0) is 20.3. The van der Waals surface area contributed by atoms with Crippen molar-refractivity contribution in [3.8, 4) is 0 Å². The molecule has 164 valence electrons. The van der Waals surface area contributed by atoms with Crippen molar-refractivity contribution in [2.24, 2.45) is 11.8 Å². The second-order valence-electron chi connectivity index (χ2n) is 10.2. The van der Waals surface area contributed by atoms with E-state index in [4.69, 9.17) is 0 Å². The molecule has 0 unspecified atom stereocenters. The number of piperidine rings is 3. The first-order valence-corrected chi connectivity index (χ1v) is 12.6. The third-order valence-corrected chi connectivity index (χ3v) is 8.36. The van der Waals surface area contributed by atoms with E-state index in [1.165, 1.54) is 70.1 Å². The van der Waals surface area contributed by atoms with Crippen LogP contribution in [0.1, 0.15) is 63.4 Å². The lowest BCUT2D eigenvalue weighted by molar-refractivity contribution is -0.130. The Labute approximate surface area is 182 Å². The monoisotopic (exact) mass is 409 g/mol. The average Bonchev–Trinajstić information content (AvgIpc) is 3.32. The molecule has 0 aromatic heterocycles. The molecular formula is C26H39N3O. The van der Waals surface area contributed by atoms with Crippen LogP contribution in [-0.4, -0.2) is 65.4 Å². The summed E-state index contributed by atoms with van der Waals surface area (Å²) in [6.07, 6.45) is 10.9. The molecule has 4 aliphatic rings. The van der Waals surface area contributed by atoms with Crippen molar-refractivity contribution in [1.29, 1.82) is 0 Å². The molecule has 4 aliphatic heterocycles. The molecule has 1 amide bonds. The largest absolute Gasteiger partial charge is 0.343 e. The van der Waals surface area contributed by atoms with Crippen LogP contribution < -0.4 is 0 Å². The van der Waals surface area contributed by atoms with Crippen LogP contribution in [0.3, 0.4) is 0 Å². The van der Waals surface area contributed by atoms with Crippen LogP contribution in [0.4, 0.5) is 0 Å². The van der Waals surface area contributed by atoms with Gasteiger partial charge in [-0.3, -0.25) is 14.6 Å². The van der Waals surface area contributed by atoms with Gasteiger partial charge in [-0.15, -0.1) is 0 Å². The van der Waals surface area contributed by atoms with Crippen LogP contribution >= 0.6 is 0 Å². The predicted octanol–water partition coefficient (Wildman–Crippen LogP) is 4.15. The van der Waals surface area contributed by atoms with Gasteiger partial charge in [0, 0.05) is 44.7 Å². The summed E-state index contributed by atoms with van der Waals surface area (Å²) in [7, 11) is 0. The molecule has 1 aromatic rings. The van der Waals surface area contributed by atoms with Crippen molar-refractivity contribution >= 4 is 5.91 Å². The molecule has 4 heterocycles. The summed E-state index contributed by atoms with van der Waals surface area (Å²) < 4.78 is 0. The lowest BCUT2D eigenvalue weighted by atomic mass is 9.69. The molecule has 0 saturated carbocycles. The Morgan fingerprint density at radius 1 is 0.933 bits per heavy atom. The van der Waals surface area contributed by atoms with E-state index >= 15 is 0 Å². The van der Waals surface area contributed by atoms with Crippen molar-refractivity contribution in [3.63, 3.8) is 0 Å². The number of carbonyl (C=O) groups excluding carboxylic acids is 1. The first-order chi connectivity index (χ1) is 14.8. The molecule has 4 nitrogen and oxygen atoms in total. The predicted molar refractivity (Wildman–Crippen MR) is 121 cm³/mol. The normalized spacial score (nSPS) is 32.2. The van der Waals surface area contributed by atoms with Crippen molar-refractivity contribution in [2.45, 2.75) is 76.4 Å². The zero-order valence-corrected chi connectivity index (χ0v) is 18.6. The Bertz CT molecular complexity index is 699. The Kier molecular flexibility index (Phi) is 6.42. The minimum Gasteiger partial charge on any atom is -0.343 e. The van der Waals surface area contributed by atoms with Crippen LogP contribution in [0.25, 0.3) is 0 Å². The van der Waals surface area contributed by atoms with Gasteiger partial charge in [-0.2, -0.15) is 0 Å². The third kappa shape index (κ3) is 4.31. The second kappa shape index (κ2) is 9.40. The van der Waals surface area contributed by atoms with Crippen LogP contribution in [0.5, 0.6) is 0 Å². The topological polar surface area (TPSA) is 26.8 Å². The summed E-state index contributed by atoms with van der Waals surface area (Å²) in [5.74, 6) is 2.04. The Hall–Kier alpha value is -1.39. The summed E-state index contributed by atoms with van der Waals surface area (Å²) >= 11 is 0. The van der Waals surface area contributed by atoms with E-state index < -0.39 is 0 Å². The molecule has 30 heavy (non-hydrogen) atoms. The molecule has 0 N–H and O–H groups in total. The first-order valence-electron chi connectivity index (χ1n) is 12.6. The van der Waals surface area contributed by atoms with E-state index in [2.05, 4.69) is 45.0 Å². The van der Waals surface area contributed by atoms with Gasteiger partial charge in [-0.1, -0.05) is 30.3 Å². The van der Waals surface area contributed by atoms with Crippen molar-refractivity contribution in [2.75, 3.05) is 32.7 Å². The van der Waals surface area contributed by atoms with Crippen LogP contribution in [-0.2, 0) is 11.3 Å². The SMILES string of the molecule is O=C(CCC[C@@H]1[C@H]2CCCN3CCC[C@@H](CN1Cc1ccccc1)[C@@H]23)N1CCCC1. The summed E-state index contributed by atoms with van der Waals surface area (Å²) in [6, 6.07) is 12.5. The number of hydrogen-bond donors (Lipinski definition) is 0. The fourth-order valence-corrected chi connectivity index (χ4v) is 7.07. The van der Waals surface area contributed by atoms with Gasteiger partial charge in [0.15, 0.2) is 0 Å². The van der Waals surface area contributed by atoms with Crippen molar-refractivity contribution in [1.82, 2.24) is 14.7 Å². The van der Waals surface area contributed by atoms with Crippen LogP contribution in [0, 0.1) is 11.8 Å². The smallest absolute Gasteiger partial charge is 0.222 e. The van der Waals surface area contributed by atoms with E-state index in [0.717, 1.165) is 50.4 Å². The Morgan fingerprint density at radius 2 is 1.70 bits per heavy atom. The van der Waals surface area contributed by atoms with E-state index in [1.54, 1.807) is 0 Å². The van der Waals surface area contributed by atoms with Crippen molar-refractivity contribution in [3.05, 3.63) is 35.9 Å². The molecule has 0 bridgehead atoms. The number of amides is 1. The molecule has 0 aliphatic carbocycles. The fraction of sp³-hybridized carbons (Fsp3) is 0.731. The summed E-state index contributed by atoms with van der Waals surface area (Å²) in [4.78, 5) is 20.4. The molecule has 5 rings (SSSR count). The van der Waals surface area contributed by atoms with Gasteiger partial charge >= 0.3 is 0 Å². The van der Waals surface area contributed by atoms with Crippen molar-refractivity contribution < 1.29 is 4.79 Å². The molecule has 4 heteroatoms. The van der Waals surface area contributed by atoms with Gasteiger partial charge in [0.25, 0.3) is 0 Å². The minimum atomic E-state index is 0.402. The van der Waals surface area contributed by atoms with Gasteiger partial charge in [-0.05, 0) is 81.9 Å². The molecule has 0 spiro atoms. The van der Waals surface area contributed by atoms with Gasteiger partial charge in [-0.25, -0.2) is 0 Å². The number of likely N-dealkylation sites (tertiary alicyclic amines) is 2. The third-order valence-electron chi connectivity index (χ3n) is 8.36.